The predicted molar refractivity (Wildman–Crippen MR) is 47.0 cm³/mol. The Morgan fingerprint density at radius 2 is 1.64 bits per heavy atom. The zero-order valence-corrected chi connectivity index (χ0v) is 6.14. The molecule has 0 atom stereocenters. The highest BCUT2D eigenvalue weighted by Crippen LogP contribution is 2.08. The molecule has 1 heteroatoms. The van der Waals surface area contributed by atoms with Gasteiger partial charge in [0.2, 0.25) is 0 Å². The lowest BCUT2D eigenvalue weighted by molar-refractivity contribution is 1.17. The SMILES string of the molecule is C1=CC(=Cn2cccc2)C=C1. The first kappa shape index (κ1) is 6.23. The summed E-state index contributed by atoms with van der Waals surface area (Å²) in [6.45, 7) is 0. The first-order valence-corrected chi connectivity index (χ1v) is 3.64. The molecule has 0 spiro atoms. The summed E-state index contributed by atoms with van der Waals surface area (Å²) in [6.07, 6.45) is 14.4. The second-order valence-corrected chi connectivity index (χ2v) is 2.48. The summed E-state index contributed by atoms with van der Waals surface area (Å²) in [7, 11) is 0. The molecule has 1 aliphatic rings. The Bertz CT molecular complexity index is 299. The Hall–Kier alpha value is -1.50. The second kappa shape index (κ2) is 2.62. The van der Waals surface area contributed by atoms with Gasteiger partial charge in [-0.15, -0.1) is 0 Å². The summed E-state index contributed by atoms with van der Waals surface area (Å²) in [6, 6.07) is 4.03. The third kappa shape index (κ3) is 1.32. The van der Waals surface area contributed by atoms with E-state index in [2.05, 4.69) is 18.4 Å². The number of allylic oxidation sites excluding steroid dienone is 5. The first-order chi connectivity index (χ1) is 5.45. The molecule has 0 saturated carbocycles. The average molecular weight is 143 g/mol. The van der Waals surface area contributed by atoms with Crippen molar-refractivity contribution in [3.05, 3.63) is 54.4 Å². The zero-order valence-electron chi connectivity index (χ0n) is 6.14. The van der Waals surface area contributed by atoms with Gasteiger partial charge < -0.3 is 4.57 Å². The van der Waals surface area contributed by atoms with Crippen LogP contribution in [-0.4, -0.2) is 4.57 Å². The average Bonchev–Trinajstić information content (AvgIpc) is 2.60. The Morgan fingerprint density at radius 1 is 1.00 bits per heavy atom. The van der Waals surface area contributed by atoms with E-state index in [1.54, 1.807) is 0 Å². The summed E-state index contributed by atoms with van der Waals surface area (Å²) >= 11 is 0. The molecule has 1 aromatic heterocycles. The maximum atomic E-state index is 2.08. The number of hydrogen-bond acceptors (Lipinski definition) is 0. The van der Waals surface area contributed by atoms with Gasteiger partial charge in [-0.2, -0.15) is 0 Å². The Labute approximate surface area is 66.0 Å². The van der Waals surface area contributed by atoms with E-state index < -0.39 is 0 Å². The van der Waals surface area contributed by atoms with E-state index in [9.17, 15) is 0 Å². The number of hydrogen-bond donors (Lipinski definition) is 0. The predicted octanol–water partition coefficient (Wildman–Crippen LogP) is 2.46. The van der Waals surface area contributed by atoms with Gasteiger partial charge in [-0.05, 0) is 17.7 Å². The zero-order chi connectivity index (χ0) is 7.52. The number of nitrogens with zero attached hydrogens (tertiary/aromatic N) is 1. The fraction of sp³-hybridized carbons (Fsp3) is 0. The minimum atomic E-state index is 1.24. The topological polar surface area (TPSA) is 4.93 Å². The van der Waals surface area contributed by atoms with Crippen molar-refractivity contribution in [1.29, 1.82) is 0 Å². The molecule has 0 amide bonds. The van der Waals surface area contributed by atoms with E-state index in [0.717, 1.165) is 0 Å². The summed E-state index contributed by atoms with van der Waals surface area (Å²) < 4.78 is 2.04. The molecule has 2 rings (SSSR count). The smallest absolute Gasteiger partial charge is 0.0154 e. The molecule has 0 saturated heterocycles. The molecule has 0 aliphatic heterocycles. The van der Waals surface area contributed by atoms with Crippen LogP contribution in [0.1, 0.15) is 0 Å². The van der Waals surface area contributed by atoms with Crippen LogP contribution in [-0.2, 0) is 0 Å². The minimum Gasteiger partial charge on any atom is -0.330 e. The Kier molecular flexibility index (Phi) is 1.48. The van der Waals surface area contributed by atoms with Gasteiger partial charge >= 0.3 is 0 Å². The van der Waals surface area contributed by atoms with E-state index >= 15 is 0 Å². The molecule has 0 radical (unpaired) electrons. The van der Waals surface area contributed by atoms with Crippen LogP contribution in [0.4, 0.5) is 0 Å². The summed E-state index contributed by atoms with van der Waals surface area (Å²) in [4.78, 5) is 0. The van der Waals surface area contributed by atoms with Crippen molar-refractivity contribution in [1.82, 2.24) is 4.57 Å². The highest BCUT2D eigenvalue weighted by molar-refractivity contribution is 5.50. The van der Waals surface area contributed by atoms with Crippen molar-refractivity contribution >= 4 is 6.20 Å². The van der Waals surface area contributed by atoms with Crippen LogP contribution in [0.2, 0.25) is 0 Å². The maximum Gasteiger partial charge on any atom is 0.0154 e. The van der Waals surface area contributed by atoms with Crippen molar-refractivity contribution < 1.29 is 0 Å². The van der Waals surface area contributed by atoms with E-state index in [4.69, 9.17) is 0 Å². The van der Waals surface area contributed by atoms with E-state index in [1.165, 1.54) is 5.57 Å². The van der Waals surface area contributed by atoms with Gasteiger partial charge in [0.25, 0.3) is 0 Å². The third-order valence-corrected chi connectivity index (χ3v) is 1.61. The molecule has 54 valence electrons. The molecular weight excluding hydrogens is 134 g/mol. The lowest BCUT2D eigenvalue weighted by atomic mass is 10.3. The summed E-state index contributed by atoms with van der Waals surface area (Å²) in [5, 5.41) is 0. The fourth-order valence-electron chi connectivity index (χ4n) is 1.08. The highest BCUT2D eigenvalue weighted by atomic mass is 14.9. The largest absolute Gasteiger partial charge is 0.330 e. The summed E-state index contributed by atoms with van der Waals surface area (Å²) in [5.74, 6) is 0. The molecule has 1 heterocycles. The Morgan fingerprint density at radius 3 is 2.27 bits per heavy atom. The molecule has 0 fully saturated rings. The van der Waals surface area contributed by atoms with Gasteiger partial charge in [-0.25, -0.2) is 0 Å². The normalized spacial score (nSPS) is 14.4. The highest BCUT2D eigenvalue weighted by Gasteiger charge is 1.90. The van der Waals surface area contributed by atoms with Crippen LogP contribution in [0.25, 0.3) is 6.20 Å². The van der Waals surface area contributed by atoms with Gasteiger partial charge in [-0.1, -0.05) is 24.3 Å². The van der Waals surface area contributed by atoms with Gasteiger partial charge in [0.05, 0.1) is 0 Å². The lowest BCUT2D eigenvalue weighted by Gasteiger charge is -1.92. The number of rotatable bonds is 1. The van der Waals surface area contributed by atoms with Crippen molar-refractivity contribution in [3.63, 3.8) is 0 Å². The van der Waals surface area contributed by atoms with Gasteiger partial charge in [0.15, 0.2) is 0 Å². The van der Waals surface area contributed by atoms with Crippen molar-refractivity contribution in [3.8, 4) is 0 Å². The van der Waals surface area contributed by atoms with Crippen LogP contribution in [0.3, 0.4) is 0 Å². The van der Waals surface area contributed by atoms with Gasteiger partial charge in [0.1, 0.15) is 0 Å². The fourth-order valence-corrected chi connectivity index (χ4v) is 1.08. The van der Waals surface area contributed by atoms with Crippen molar-refractivity contribution in [2.45, 2.75) is 0 Å². The quantitative estimate of drug-likeness (QED) is 0.569. The van der Waals surface area contributed by atoms with Crippen molar-refractivity contribution in [2.24, 2.45) is 0 Å². The standard InChI is InChI=1S/C10H9N/c1-2-6-10(5-1)9-11-7-3-4-8-11/h1-9H. The first-order valence-electron chi connectivity index (χ1n) is 3.64. The van der Waals surface area contributed by atoms with Crippen LogP contribution < -0.4 is 0 Å². The monoisotopic (exact) mass is 143 g/mol. The summed E-state index contributed by atoms with van der Waals surface area (Å²) in [5.41, 5.74) is 1.24. The van der Waals surface area contributed by atoms with E-state index in [1.807, 2.05) is 41.2 Å². The maximum absolute atomic E-state index is 2.08. The lowest BCUT2D eigenvalue weighted by Crippen LogP contribution is -1.79. The van der Waals surface area contributed by atoms with E-state index in [0.29, 0.717) is 0 Å². The van der Waals surface area contributed by atoms with Gasteiger partial charge in [-0.3, -0.25) is 0 Å². The molecule has 0 unspecified atom stereocenters. The third-order valence-electron chi connectivity index (χ3n) is 1.61. The molecule has 0 aromatic carbocycles. The molecule has 1 aliphatic carbocycles. The van der Waals surface area contributed by atoms with E-state index in [-0.39, 0.29) is 0 Å². The van der Waals surface area contributed by atoms with Crippen molar-refractivity contribution in [2.75, 3.05) is 0 Å². The molecule has 11 heavy (non-hydrogen) atoms. The molecule has 1 nitrogen and oxygen atoms in total. The van der Waals surface area contributed by atoms with Crippen LogP contribution in [0.15, 0.2) is 54.4 Å². The molecule has 0 bridgehead atoms. The second-order valence-electron chi connectivity index (χ2n) is 2.48. The number of aromatic nitrogens is 1. The minimum absolute atomic E-state index is 1.24. The molecular formula is C10H9N. The van der Waals surface area contributed by atoms with Crippen LogP contribution >= 0.6 is 0 Å². The molecule has 1 aromatic rings. The Balaban J connectivity index is 2.28. The van der Waals surface area contributed by atoms with Crippen LogP contribution in [0, 0.1) is 0 Å². The van der Waals surface area contributed by atoms with Crippen LogP contribution in [0.5, 0.6) is 0 Å². The van der Waals surface area contributed by atoms with Gasteiger partial charge in [0, 0.05) is 18.6 Å². The molecule has 0 N–H and O–H groups in total.